The number of ether oxygens (including phenoxy) is 1. The van der Waals surface area contributed by atoms with Gasteiger partial charge in [0.2, 0.25) is 5.91 Å². The normalized spacial score (nSPS) is 10.4. The lowest BCUT2D eigenvalue weighted by atomic mass is 10.1. The van der Waals surface area contributed by atoms with Crippen LogP contribution in [0, 0.1) is 0 Å². The first-order valence-electron chi connectivity index (χ1n) is 9.61. The highest BCUT2D eigenvalue weighted by molar-refractivity contribution is 5.92. The number of rotatable bonds is 9. The van der Waals surface area contributed by atoms with Crippen molar-refractivity contribution in [1.82, 2.24) is 0 Å². The average molecular weight is 374 g/mol. The summed E-state index contributed by atoms with van der Waals surface area (Å²) >= 11 is 0. The van der Waals surface area contributed by atoms with Crippen LogP contribution in [0.3, 0.4) is 0 Å². The van der Waals surface area contributed by atoms with E-state index in [9.17, 15) is 4.79 Å². The van der Waals surface area contributed by atoms with Gasteiger partial charge in [0, 0.05) is 12.1 Å². The minimum Gasteiger partial charge on any atom is -0.491 e. The van der Waals surface area contributed by atoms with E-state index in [1.807, 2.05) is 66.7 Å². The highest BCUT2D eigenvalue weighted by Crippen LogP contribution is 2.24. The summed E-state index contributed by atoms with van der Waals surface area (Å²) in [6.07, 6.45) is 2.93. The molecule has 0 aliphatic heterocycles. The van der Waals surface area contributed by atoms with E-state index in [4.69, 9.17) is 10.5 Å². The van der Waals surface area contributed by atoms with Crippen molar-refractivity contribution < 1.29 is 9.53 Å². The fourth-order valence-corrected chi connectivity index (χ4v) is 3.02. The Labute approximate surface area is 166 Å². The topological polar surface area (TPSA) is 64.4 Å². The van der Waals surface area contributed by atoms with Gasteiger partial charge < -0.3 is 15.8 Å². The maximum Gasteiger partial charge on any atom is 0.224 e. The third-order valence-electron chi connectivity index (χ3n) is 4.46. The summed E-state index contributed by atoms with van der Waals surface area (Å²) in [4.78, 5) is 12.3. The molecule has 3 rings (SSSR count). The first-order chi connectivity index (χ1) is 13.7. The second-order valence-corrected chi connectivity index (χ2v) is 6.73. The molecule has 0 unspecified atom stereocenters. The Morgan fingerprint density at radius 3 is 2.43 bits per heavy atom. The van der Waals surface area contributed by atoms with Crippen molar-refractivity contribution >= 4 is 17.3 Å². The van der Waals surface area contributed by atoms with Crippen LogP contribution in [0.5, 0.6) is 5.75 Å². The van der Waals surface area contributed by atoms with Crippen LogP contribution >= 0.6 is 0 Å². The lowest BCUT2D eigenvalue weighted by Gasteiger charge is -2.12. The van der Waals surface area contributed by atoms with Crippen molar-refractivity contribution in [2.75, 3.05) is 17.7 Å². The number of nitrogens with two attached hydrogens (primary N) is 1. The summed E-state index contributed by atoms with van der Waals surface area (Å²) in [5.74, 6) is 0.663. The molecule has 0 radical (unpaired) electrons. The van der Waals surface area contributed by atoms with Gasteiger partial charge in [0.1, 0.15) is 5.75 Å². The molecule has 0 saturated carbocycles. The van der Waals surface area contributed by atoms with E-state index in [0.29, 0.717) is 36.6 Å². The van der Waals surface area contributed by atoms with Crippen LogP contribution < -0.4 is 15.8 Å². The summed E-state index contributed by atoms with van der Waals surface area (Å²) in [7, 11) is 0. The molecule has 0 aliphatic carbocycles. The number of anilines is 2. The Hall–Kier alpha value is -3.27. The molecule has 0 spiro atoms. The van der Waals surface area contributed by atoms with E-state index in [-0.39, 0.29) is 5.91 Å². The highest BCUT2D eigenvalue weighted by atomic mass is 16.5. The van der Waals surface area contributed by atoms with E-state index in [2.05, 4.69) is 17.4 Å². The van der Waals surface area contributed by atoms with Gasteiger partial charge in [-0.2, -0.15) is 0 Å². The number of benzene rings is 3. The van der Waals surface area contributed by atoms with Gasteiger partial charge in [-0.1, -0.05) is 54.6 Å². The number of hydrogen-bond acceptors (Lipinski definition) is 3. The molecule has 0 aliphatic rings. The third kappa shape index (κ3) is 6.16. The first kappa shape index (κ1) is 19.5. The fourth-order valence-electron chi connectivity index (χ4n) is 3.02. The molecular formula is C24H26N2O2. The van der Waals surface area contributed by atoms with Crippen molar-refractivity contribution in [2.24, 2.45) is 0 Å². The summed E-state index contributed by atoms with van der Waals surface area (Å²) < 4.78 is 5.91. The van der Waals surface area contributed by atoms with E-state index in [1.165, 1.54) is 5.56 Å². The number of aryl methyl sites for hydroxylation is 2. The maximum atomic E-state index is 12.3. The van der Waals surface area contributed by atoms with Crippen LogP contribution in [0.25, 0.3) is 0 Å². The van der Waals surface area contributed by atoms with Gasteiger partial charge in [-0.25, -0.2) is 0 Å². The Morgan fingerprint density at radius 2 is 1.61 bits per heavy atom. The smallest absolute Gasteiger partial charge is 0.224 e. The first-order valence-corrected chi connectivity index (χ1v) is 9.61. The van der Waals surface area contributed by atoms with Crippen LogP contribution in [-0.4, -0.2) is 12.5 Å². The molecule has 1 amide bonds. The largest absolute Gasteiger partial charge is 0.491 e. The minimum atomic E-state index is -0.0391. The molecule has 3 aromatic rings. The molecule has 0 saturated heterocycles. The molecule has 144 valence electrons. The number of carbonyl (C=O) groups excluding carboxylic acids is 1. The standard InChI is InChI=1S/C24H26N2O2/c25-21-12-6-10-20(18-21)15-16-24(27)26-22-13-4-5-14-23(22)28-17-7-11-19-8-2-1-3-9-19/h1-6,8-10,12-14,18H,7,11,15-17,25H2,(H,26,27). The maximum absolute atomic E-state index is 12.3. The second kappa shape index (κ2) is 10.2. The van der Waals surface area contributed by atoms with Crippen molar-refractivity contribution in [3.05, 3.63) is 90.0 Å². The molecule has 0 heterocycles. The highest BCUT2D eigenvalue weighted by Gasteiger charge is 2.08. The van der Waals surface area contributed by atoms with Gasteiger partial charge in [0.05, 0.1) is 12.3 Å². The van der Waals surface area contributed by atoms with E-state index >= 15 is 0 Å². The number of nitrogens with one attached hydrogen (secondary N) is 1. The van der Waals surface area contributed by atoms with Crippen molar-refractivity contribution in [1.29, 1.82) is 0 Å². The lowest BCUT2D eigenvalue weighted by molar-refractivity contribution is -0.116. The van der Waals surface area contributed by atoms with Gasteiger partial charge >= 0.3 is 0 Å². The quantitative estimate of drug-likeness (QED) is 0.416. The number of amides is 1. The Morgan fingerprint density at radius 1 is 0.857 bits per heavy atom. The van der Waals surface area contributed by atoms with Crippen LogP contribution in [0.1, 0.15) is 24.0 Å². The zero-order valence-electron chi connectivity index (χ0n) is 15.9. The van der Waals surface area contributed by atoms with Gasteiger partial charge in [0.25, 0.3) is 0 Å². The van der Waals surface area contributed by atoms with Crippen LogP contribution in [0.4, 0.5) is 11.4 Å². The van der Waals surface area contributed by atoms with Gasteiger partial charge in [-0.05, 0) is 54.7 Å². The third-order valence-corrected chi connectivity index (χ3v) is 4.46. The van der Waals surface area contributed by atoms with E-state index in [1.54, 1.807) is 0 Å². The Balaban J connectivity index is 1.48. The van der Waals surface area contributed by atoms with Crippen molar-refractivity contribution in [3.8, 4) is 5.75 Å². The van der Waals surface area contributed by atoms with Crippen LogP contribution in [-0.2, 0) is 17.6 Å². The fraction of sp³-hybridized carbons (Fsp3) is 0.208. The zero-order chi connectivity index (χ0) is 19.6. The average Bonchev–Trinajstić information content (AvgIpc) is 2.72. The Bertz CT molecular complexity index is 894. The SMILES string of the molecule is Nc1cccc(CCC(=O)Nc2ccccc2OCCCc2ccccc2)c1. The molecule has 4 heteroatoms. The Kier molecular flexibility index (Phi) is 7.08. The summed E-state index contributed by atoms with van der Waals surface area (Å²) in [5, 5.41) is 2.96. The monoisotopic (exact) mass is 374 g/mol. The van der Waals surface area contributed by atoms with Gasteiger partial charge in [-0.15, -0.1) is 0 Å². The van der Waals surface area contributed by atoms with E-state index < -0.39 is 0 Å². The summed E-state index contributed by atoms with van der Waals surface area (Å²) in [6, 6.07) is 25.5. The van der Waals surface area contributed by atoms with Crippen LogP contribution in [0.2, 0.25) is 0 Å². The molecule has 3 aromatic carbocycles. The predicted molar refractivity (Wildman–Crippen MR) is 115 cm³/mol. The summed E-state index contributed by atoms with van der Waals surface area (Å²) in [6.45, 7) is 0.602. The summed E-state index contributed by atoms with van der Waals surface area (Å²) in [5.41, 5.74) is 9.57. The lowest BCUT2D eigenvalue weighted by Crippen LogP contribution is -2.13. The molecule has 0 aromatic heterocycles. The number of hydrogen-bond donors (Lipinski definition) is 2. The second-order valence-electron chi connectivity index (χ2n) is 6.73. The number of para-hydroxylation sites is 2. The van der Waals surface area contributed by atoms with Crippen LogP contribution in [0.15, 0.2) is 78.9 Å². The van der Waals surface area contributed by atoms with Crippen molar-refractivity contribution in [2.45, 2.75) is 25.7 Å². The predicted octanol–water partition coefficient (Wildman–Crippen LogP) is 4.85. The molecule has 3 N–H and O–H groups in total. The van der Waals surface area contributed by atoms with Gasteiger partial charge in [-0.3, -0.25) is 4.79 Å². The molecular weight excluding hydrogens is 348 g/mol. The van der Waals surface area contributed by atoms with E-state index in [0.717, 1.165) is 18.4 Å². The molecule has 28 heavy (non-hydrogen) atoms. The van der Waals surface area contributed by atoms with Gasteiger partial charge in [0.15, 0.2) is 0 Å². The number of nitrogen functional groups attached to an aromatic ring is 1. The molecule has 0 bridgehead atoms. The molecule has 0 fully saturated rings. The molecule has 0 atom stereocenters. The number of carbonyl (C=O) groups is 1. The zero-order valence-corrected chi connectivity index (χ0v) is 15.9. The minimum absolute atomic E-state index is 0.0391. The molecule has 4 nitrogen and oxygen atoms in total. The van der Waals surface area contributed by atoms with Crippen molar-refractivity contribution in [3.63, 3.8) is 0 Å².